The molecule has 24 heavy (non-hydrogen) atoms. The van der Waals surface area contributed by atoms with E-state index in [1.807, 2.05) is 18.2 Å². The number of benzene rings is 2. The molecule has 1 aliphatic heterocycles. The minimum atomic E-state index is -0.913. The summed E-state index contributed by atoms with van der Waals surface area (Å²) in [6.07, 6.45) is 0.912. The normalized spacial score (nSPS) is 14.0. The van der Waals surface area contributed by atoms with E-state index < -0.39 is 5.97 Å². The van der Waals surface area contributed by atoms with Crippen LogP contribution in [0.15, 0.2) is 42.5 Å². The average molecular weight is 325 g/mol. The van der Waals surface area contributed by atoms with Gasteiger partial charge in [-0.05, 0) is 47.4 Å². The van der Waals surface area contributed by atoms with Crippen LogP contribution >= 0.6 is 0 Å². The molecule has 0 atom stereocenters. The van der Waals surface area contributed by atoms with Gasteiger partial charge in [0.05, 0.1) is 18.2 Å². The van der Waals surface area contributed by atoms with Crippen molar-refractivity contribution in [2.24, 2.45) is 0 Å². The molecule has 124 valence electrons. The fourth-order valence-corrected chi connectivity index (χ4v) is 3.06. The summed E-state index contributed by atoms with van der Waals surface area (Å²) in [5.41, 5.74) is 4.21. The molecule has 0 bridgehead atoms. The molecular formula is C19H19NO4. The maximum atomic E-state index is 11.7. The van der Waals surface area contributed by atoms with Crippen LogP contribution in [0.1, 0.15) is 37.4 Å². The first kappa shape index (κ1) is 16.2. The van der Waals surface area contributed by atoms with E-state index in [4.69, 9.17) is 9.84 Å². The van der Waals surface area contributed by atoms with E-state index in [9.17, 15) is 9.59 Å². The number of rotatable bonds is 4. The predicted molar refractivity (Wildman–Crippen MR) is 89.0 cm³/mol. The van der Waals surface area contributed by atoms with Crippen LogP contribution in [-0.2, 0) is 24.2 Å². The van der Waals surface area contributed by atoms with Crippen molar-refractivity contribution in [1.82, 2.24) is 4.90 Å². The fourth-order valence-electron chi connectivity index (χ4n) is 3.06. The van der Waals surface area contributed by atoms with Crippen molar-refractivity contribution in [3.8, 4) is 0 Å². The van der Waals surface area contributed by atoms with Crippen LogP contribution in [0, 0.1) is 0 Å². The second-order valence-corrected chi connectivity index (χ2v) is 5.94. The van der Waals surface area contributed by atoms with E-state index in [1.54, 1.807) is 24.3 Å². The van der Waals surface area contributed by atoms with Gasteiger partial charge in [0.25, 0.3) is 0 Å². The molecule has 3 rings (SSSR count). The molecule has 1 heterocycles. The lowest BCUT2D eigenvalue weighted by molar-refractivity contribution is 0.0599. The molecule has 0 fully saturated rings. The number of carboxylic acid groups (broad SMARTS) is 1. The third-order valence-electron chi connectivity index (χ3n) is 4.30. The second-order valence-electron chi connectivity index (χ2n) is 5.94. The Labute approximate surface area is 140 Å². The number of carbonyl (C=O) groups excluding carboxylic acids is 1. The van der Waals surface area contributed by atoms with Crippen molar-refractivity contribution in [3.63, 3.8) is 0 Å². The molecule has 0 aromatic heterocycles. The van der Waals surface area contributed by atoms with Gasteiger partial charge in [-0.2, -0.15) is 0 Å². The summed E-state index contributed by atoms with van der Waals surface area (Å²) in [5.74, 6) is -1.24. The van der Waals surface area contributed by atoms with Crippen molar-refractivity contribution in [1.29, 1.82) is 0 Å². The standard InChI is InChI=1S/C19H19NO4/c1-24-19(23)16-6-5-14-7-8-20(12-17(14)10-16)11-13-3-2-4-15(9-13)18(21)22/h2-6,9-10H,7-8,11-12H2,1H3,(H,21,22). The lowest BCUT2D eigenvalue weighted by Crippen LogP contribution is -2.30. The largest absolute Gasteiger partial charge is 0.478 e. The summed E-state index contributed by atoms with van der Waals surface area (Å²) in [4.78, 5) is 25.0. The van der Waals surface area contributed by atoms with Crippen molar-refractivity contribution < 1.29 is 19.4 Å². The van der Waals surface area contributed by atoms with Crippen LogP contribution in [0.5, 0.6) is 0 Å². The minimum Gasteiger partial charge on any atom is -0.478 e. The molecule has 0 spiro atoms. The third-order valence-corrected chi connectivity index (χ3v) is 4.30. The zero-order chi connectivity index (χ0) is 17.1. The zero-order valence-corrected chi connectivity index (χ0v) is 13.5. The molecule has 0 saturated carbocycles. The van der Waals surface area contributed by atoms with E-state index in [2.05, 4.69) is 4.90 Å². The van der Waals surface area contributed by atoms with Crippen LogP contribution in [0.25, 0.3) is 0 Å². The first-order valence-corrected chi connectivity index (χ1v) is 7.81. The monoisotopic (exact) mass is 325 g/mol. The summed E-state index contributed by atoms with van der Waals surface area (Å²) in [6.45, 7) is 2.32. The Kier molecular flexibility index (Phi) is 4.62. The molecule has 5 nitrogen and oxygen atoms in total. The highest BCUT2D eigenvalue weighted by Gasteiger charge is 2.18. The highest BCUT2D eigenvalue weighted by Crippen LogP contribution is 2.22. The first-order valence-electron chi connectivity index (χ1n) is 7.81. The number of carbonyl (C=O) groups is 2. The lowest BCUT2D eigenvalue weighted by atomic mass is 9.97. The van der Waals surface area contributed by atoms with Gasteiger partial charge in [-0.3, -0.25) is 4.90 Å². The lowest BCUT2D eigenvalue weighted by Gasteiger charge is -2.29. The number of nitrogens with zero attached hydrogens (tertiary/aromatic N) is 1. The van der Waals surface area contributed by atoms with Gasteiger partial charge in [-0.1, -0.05) is 18.2 Å². The van der Waals surface area contributed by atoms with Gasteiger partial charge in [0.2, 0.25) is 0 Å². The number of hydrogen-bond acceptors (Lipinski definition) is 4. The molecular weight excluding hydrogens is 306 g/mol. The summed E-state index contributed by atoms with van der Waals surface area (Å²) >= 11 is 0. The van der Waals surface area contributed by atoms with Gasteiger partial charge in [-0.25, -0.2) is 9.59 Å². The summed E-state index contributed by atoms with van der Waals surface area (Å²) in [6, 6.07) is 12.7. The Balaban J connectivity index is 1.76. The van der Waals surface area contributed by atoms with E-state index in [1.165, 1.54) is 12.7 Å². The molecule has 2 aromatic rings. The number of methoxy groups -OCH3 is 1. The maximum absolute atomic E-state index is 11.7. The topological polar surface area (TPSA) is 66.8 Å². The highest BCUT2D eigenvalue weighted by molar-refractivity contribution is 5.89. The Morgan fingerprint density at radius 1 is 1.12 bits per heavy atom. The van der Waals surface area contributed by atoms with E-state index in [0.717, 1.165) is 30.6 Å². The number of hydrogen-bond donors (Lipinski definition) is 1. The zero-order valence-electron chi connectivity index (χ0n) is 13.5. The third kappa shape index (κ3) is 3.46. The number of carboxylic acids is 1. The van der Waals surface area contributed by atoms with Gasteiger partial charge < -0.3 is 9.84 Å². The van der Waals surface area contributed by atoms with Crippen LogP contribution in [-0.4, -0.2) is 35.6 Å². The molecule has 0 unspecified atom stereocenters. The van der Waals surface area contributed by atoms with Crippen molar-refractivity contribution >= 4 is 11.9 Å². The highest BCUT2D eigenvalue weighted by atomic mass is 16.5. The summed E-state index contributed by atoms with van der Waals surface area (Å²) < 4.78 is 4.78. The number of aromatic carboxylic acids is 1. The average Bonchev–Trinajstić information content (AvgIpc) is 2.60. The Morgan fingerprint density at radius 3 is 2.71 bits per heavy atom. The van der Waals surface area contributed by atoms with Gasteiger partial charge in [0, 0.05) is 19.6 Å². The van der Waals surface area contributed by atoms with E-state index in [-0.39, 0.29) is 5.97 Å². The van der Waals surface area contributed by atoms with Crippen LogP contribution in [0.3, 0.4) is 0 Å². The molecule has 5 heteroatoms. The maximum Gasteiger partial charge on any atom is 0.337 e. The number of fused-ring (bicyclic) bond motifs is 1. The van der Waals surface area contributed by atoms with E-state index in [0.29, 0.717) is 17.7 Å². The van der Waals surface area contributed by atoms with Gasteiger partial charge in [0.15, 0.2) is 0 Å². The summed E-state index contributed by atoms with van der Waals surface area (Å²) in [5, 5.41) is 9.09. The molecule has 0 saturated heterocycles. The van der Waals surface area contributed by atoms with Crippen molar-refractivity contribution in [3.05, 3.63) is 70.3 Å². The Bertz CT molecular complexity index is 785. The SMILES string of the molecule is COC(=O)c1ccc2c(c1)CN(Cc1cccc(C(=O)O)c1)CC2. The Hall–Kier alpha value is -2.66. The second kappa shape index (κ2) is 6.84. The molecule has 2 aromatic carbocycles. The van der Waals surface area contributed by atoms with Gasteiger partial charge in [0.1, 0.15) is 0 Å². The minimum absolute atomic E-state index is 0.304. The van der Waals surface area contributed by atoms with Crippen molar-refractivity contribution in [2.75, 3.05) is 13.7 Å². The number of esters is 1. The summed E-state index contributed by atoms with van der Waals surface area (Å²) in [7, 11) is 1.38. The quantitative estimate of drug-likeness (QED) is 0.876. The van der Waals surface area contributed by atoms with Gasteiger partial charge in [-0.15, -0.1) is 0 Å². The van der Waals surface area contributed by atoms with Crippen LogP contribution < -0.4 is 0 Å². The van der Waals surface area contributed by atoms with Crippen LogP contribution in [0.2, 0.25) is 0 Å². The molecule has 0 aliphatic carbocycles. The fraction of sp³-hybridized carbons (Fsp3) is 0.263. The molecule has 1 aliphatic rings. The Morgan fingerprint density at radius 2 is 1.96 bits per heavy atom. The smallest absolute Gasteiger partial charge is 0.337 e. The van der Waals surface area contributed by atoms with Crippen LogP contribution in [0.4, 0.5) is 0 Å². The predicted octanol–water partition coefficient (Wildman–Crippen LogP) is 2.73. The molecule has 0 amide bonds. The molecule has 1 N–H and O–H groups in total. The van der Waals surface area contributed by atoms with E-state index >= 15 is 0 Å². The first-order chi connectivity index (χ1) is 11.6. The van der Waals surface area contributed by atoms with Crippen molar-refractivity contribution in [2.45, 2.75) is 19.5 Å². The molecule has 0 radical (unpaired) electrons. The number of ether oxygens (including phenoxy) is 1. The van der Waals surface area contributed by atoms with Gasteiger partial charge >= 0.3 is 11.9 Å².